The second-order valence-corrected chi connectivity index (χ2v) is 9.96. The number of pyridine rings is 1. The number of carbonyl (C=O) groups excluding carboxylic acids is 1. The minimum Gasteiger partial charge on any atom is -0.335 e. The summed E-state index contributed by atoms with van der Waals surface area (Å²) in [6.45, 7) is 1.44. The average Bonchev–Trinajstić information content (AvgIpc) is 2.87. The van der Waals surface area contributed by atoms with Gasteiger partial charge in [0.1, 0.15) is 0 Å². The maximum atomic E-state index is 13.5. The monoisotopic (exact) mass is 503 g/mol. The summed E-state index contributed by atoms with van der Waals surface area (Å²) in [6.07, 6.45) is 4.43. The Kier molecular flexibility index (Phi) is 7.33. The Hall–Kier alpha value is -2.92. The molecule has 1 N–H and O–H groups in total. The highest BCUT2D eigenvalue weighted by Gasteiger charge is 2.32. The number of aromatic nitrogens is 1. The zero-order chi connectivity index (χ0) is 24.2. The minimum atomic E-state index is -0.0195. The van der Waals surface area contributed by atoms with Crippen molar-refractivity contribution >= 4 is 40.0 Å². The molecule has 4 nitrogen and oxygen atoms in total. The fraction of sp³-hybridized carbons (Fsp3) is 0.241. The summed E-state index contributed by atoms with van der Waals surface area (Å²) in [5.74, 6) is -0.0195. The van der Waals surface area contributed by atoms with Crippen molar-refractivity contribution in [2.24, 2.45) is 0 Å². The van der Waals surface area contributed by atoms with Gasteiger partial charge in [0.05, 0.1) is 5.52 Å². The van der Waals surface area contributed by atoms with Crippen LogP contribution in [-0.2, 0) is 13.0 Å². The van der Waals surface area contributed by atoms with Crippen LogP contribution in [0.5, 0.6) is 0 Å². The van der Waals surface area contributed by atoms with E-state index in [1.807, 2.05) is 41.4 Å². The van der Waals surface area contributed by atoms with Crippen LogP contribution in [0.3, 0.4) is 0 Å². The van der Waals surface area contributed by atoms with Crippen LogP contribution >= 0.6 is 23.2 Å². The molecule has 2 atom stereocenters. The number of likely N-dealkylation sites (tertiary alicyclic amines) is 1. The Morgan fingerprint density at radius 2 is 1.71 bits per heavy atom. The van der Waals surface area contributed by atoms with Gasteiger partial charge in [-0.25, -0.2) is 0 Å². The van der Waals surface area contributed by atoms with E-state index in [1.165, 1.54) is 16.5 Å². The van der Waals surface area contributed by atoms with Crippen LogP contribution in [0.25, 0.3) is 10.9 Å². The van der Waals surface area contributed by atoms with Gasteiger partial charge < -0.3 is 10.2 Å². The second-order valence-electron chi connectivity index (χ2n) is 9.09. The Labute approximate surface area is 215 Å². The van der Waals surface area contributed by atoms with Crippen LogP contribution in [0.1, 0.15) is 34.3 Å². The first-order valence-corrected chi connectivity index (χ1v) is 12.7. The molecule has 1 fully saturated rings. The van der Waals surface area contributed by atoms with Gasteiger partial charge in [-0.15, -0.1) is 0 Å². The zero-order valence-electron chi connectivity index (χ0n) is 19.3. The van der Waals surface area contributed by atoms with Gasteiger partial charge in [-0.3, -0.25) is 9.78 Å². The fourth-order valence-electron chi connectivity index (χ4n) is 4.99. The standard InChI is InChI=1S/C29H27Cl2N3O/c30-23-15-22(16-24(31)17-23)29(35)34-13-11-25(18-26(34)14-20-6-2-1-3-7-20)33-19-21-10-12-32-28-9-5-4-8-27(21)28/h1-10,12,15-17,25-26,33H,11,13-14,18-19H2. The first-order valence-electron chi connectivity index (χ1n) is 11.9. The van der Waals surface area contributed by atoms with Crippen LogP contribution in [0, 0.1) is 0 Å². The predicted octanol–water partition coefficient (Wildman–Crippen LogP) is 6.55. The van der Waals surface area contributed by atoms with Crippen molar-refractivity contribution in [1.29, 1.82) is 0 Å². The highest BCUT2D eigenvalue weighted by atomic mass is 35.5. The summed E-state index contributed by atoms with van der Waals surface area (Å²) in [7, 11) is 0. The van der Waals surface area contributed by atoms with Crippen molar-refractivity contribution in [3.05, 3.63) is 112 Å². The van der Waals surface area contributed by atoms with E-state index < -0.39 is 0 Å². The van der Waals surface area contributed by atoms with Crippen LogP contribution in [0.4, 0.5) is 0 Å². The molecule has 0 spiro atoms. The van der Waals surface area contributed by atoms with Crippen LogP contribution in [0.2, 0.25) is 10.0 Å². The SMILES string of the molecule is O=C(c1cc(Cl)cc(Cl)c1)N1CCC(NCc2ccnc3ccccc23)CC1Cc1ccccc1. The van der Waals surface area contributed by atoms with Crippen molar-refractivity contribution < 1.29 is 4.79 Å². The predicted molar refractivity (Wildman–Crippen MR) is 143 cm³/mol. The van der Waals surface area contributed by atoms with E-state index in [2.05, 4.69) is 40.6 Å². The fourth-order valence-corrected chi connectivity index (χ4v) is 5.52. The van der Waals surface area contributed by atoms with Crippen molar-refractivity contribution in [3.63, 3.8) is 0 Å². The number of halogens is 2. The summed E-state index contributed by atoms with van der Waals surface area (Å²) in [5.41, 5.74) is 4.01. The van der Waals surface area contributed by atoms with Crippen LogP contribution < -0.4 is 5.32 Å². The van der Waals surface area contributed by atoms with Gasteiger partial charge in [0.25, 0.3) is 5.91 Å². The normalized spacial score (nSPS) is 18.1. The third-order valence-electron chi connectivity index (χ3n) is 6.72. The van der Waals surface area contributed by atoms with Gasteiger partial charge in [0.2, 0.25) is 0 Å². The number of piperidine rings is 1. The minimum absolute atomic E-state index is 0.0195. The maximum absolute atomic E-state index is 13.5. The quantitative estimate of drug-likeness (QED) is 0.324. The molecule has 2 heterocycles. The molecule has 4 aromatic rings. The third kappa shape index (κ3) is 5.67. The molecule has 1 aromatic heterocycles. The molecule has 1 aliphatic heterocycles. The molecule has 178 valence electrons. The maximum Gasteiger partial charge on any atom is 0.254 e. The van der Waals surface area contributed by atoms with E-state index in [0.717, 1.165) is 31.3 Å². The van der Waals surface area contributed by atoms with E-state index in [1.54, 1.807) is 18.2 Å². The van der Waals surface area contributed by atoms with Gasteiger partial charge in [-0.05, 0) is 60.7 Å². The van der Waals surface area contributed by atoms with E-state index in [4.69, 9.17) is 23.2 Å². The lowest BCUT2D eigenvalue weighted by Gasteiger charge is -2.40. The van der Waals surface area contributed by atoms with E-state index in [0.29, 0.717) is 28.2 Å². The second kappa shape index (κ2) is 10.8. The highest BCUT2D eigenvalue weighted by molar-refractivity contribution is 6.35. The van der Waals surface area contributed by atoms with Crippen LogP contribution in [0.15, 0.2) is 85.1 Å². The molecular weight excluding hydrogens is 477 g/mol. The Bertz CT molecular complexity index is 1300. The number of amides is 1. The number of carbonyl (C=O) groups is 1. The number of para-hydroxylation sites is 1. The number of hydrogen-bond donors (Lipinski definition) is 1. The summed E-state index contributed by atoms with van der Waals surface area (Å²) in [5, 5.41) is 5.88. The molecular formula is C29H27Cl2N3O. The summed E-state index contributed by atoms with van der Waals surface area (Å²) >= 11 is 12.4. The molecule has 5 rings (SSSR count). The molecule has 0 saturated carbocycles. The largest absolute Gasteiger partial charge is 0.335 e. The Morgan fingerprint density at radius 3 is 2.51 bits per heavy atom. The van der Waals surface area contributed by atoms with Gasteiger partial charge in [-0.2, -0.15) is 0 Å². The molecule has 1 saturated heterocycles. The third-order valence-corrected chi connectivity index (χ3v) is 7.16. The van der Waals surface area contributed by atoms with E-state index >= 15 is 0 Å². The van der Waals surface area contributed by atoms with E-state index in [9.17, 15) is 4.79 Å². The molecule has 6 heteroatoms. The van der Waals surface area contributed by atoms with Crippen molar-refractivity contribution in [2.75, 3.05) is 6.54 Å². The number of nitrogens with one attached hydrogen (secondary N) is 1. The highest BCUT2D eigenvalue weighted by Crippen LogP contribution is 2.27. The van der Waals surface area contributed by atoms with Crippen molar-refractivity contribution in [1.82, 2.24) is 15.2 Å². The lowest BCUT2D eigenvalue weighted by Crippen LogP contribution is -2.51. The topological polar surface area (TPSA) is 45.2 Å². The number of rotatable bonds is 6. The summed E-state index contributed by atoms with van der Waals surface area (Å²) in [6, 6.07) is 26.1. The Balaban J connectivity index is 1.34. The first-order chi connectivity index (χ1) is 17.1. The molecule has 1 amide bonds. The molecule has 1 aliphatic rings. The van der Waals surface area contributed by atoms with Gasteiger partial charge in [-0.1, -0.05) is 71.7 Å². The van der Waals surface area contributed by atoms with Crippen LogP contribution in [-0.4, -0.2) is 34.4 Å². The molecule has 2 unspecified atom stereocenters. The smallest absolute Gasteiger partial charge is 0.254 e. The van der Waals surface area contributed by atoms with Gasteiger partial charge in [0.15, 0.2) is 0 Å². The average molecular weight is 504 g/mol. The summed E-state index contributed by atoms with van der Waals surface area (Å²) in [4.78, 5) is 20.0. The molecule has 0 aliphatic carbocycles. The summed E-state index contributed by atoms with van der Waals surface area (Å²) < 4.78 is 0. The van der Waals surface area contributed by atoms with Gasteiger partial charge in [0, 0.05) is 52.4 Å². The Morgan fingerprint density at radius 1 is 0.971 bits per heavy atom. The number of benzene rings is 3. The molecule has 0 bridgehead atoms. The van der Waals surface area contributed by atoms with Crippen molar-refractivity contribution in [2.45, 2.75) is 37.9 Å². The van der Waals surface area contributed by atoms with Crippen molar-refractivity contribution in [3.8, 4) is 0 Å². The molecule has 35 heavy (non-hydrogen) atoms. The van der Waals surface area contributed by atoms with E-state index in [-0.39, 0.29) is 11.9 Å². The number of nitrogens with zero attached hydrogens (tertiary/aromatic N) is 2. The lowest BCUT2D eigenvalue weighted by molar-refractivity contribution is 0.0576. The zero-order valence-corrected chi connectivity index (χ0v) is 20.8. The van der Waals surface area contributed by atoms with Gasteiger partial charge >= 0.3 is 0 Å². The molecule has 0 radical (unpaired) electrons. The number of fused-ring (bicyclic) bond motifs is 1. The number of hydrogen-bond acceptors (Lipinski definition) is 3. The molecule has 3 aromatic carbocycles. The lowest BCUT2D eigenvalue weighted by atomic mass is 9.91. The first kappa shape index (κ1) is 23.8.